The van der Waals surface area contributed by atoms with Crippen molar-refractivity contribution in [3.8, 4) is 0 Å². The fourth-order valence-electron chi connectivity index (χ4n) is 13.5. The number of hydrogen-bond acceptors (Lipinski definition) is 13. The molecule has 122 heavy (non-hydrogen) atoms. The third-order valence-corrected chi connectivity index (χ3v) is 19.8. The molecule has 1 fully saturated rings. The maximum atomic E-state index is 12.8. The first kappa shape index (κ1) is 103. The normalized spacial score (nSPS) is 14.9. The molecule has 3 amide bonds. The predicted octanol–water partition coefficient (Wildman–Crippen LogP) is 19.4. The van der Waals surface area contributed by atoms with Gasteiger partial charge in [0, 0.05) is 67.5 Å². The maximum Gasteiger partial charge on any atom is 0.0265 e. The van der Waals surface area contributed by atoms with E-state index >= 15 is 0 Å². The molecular formula is C100H112I6N5O10S-. The Morgan fingerprint density at radius 1 is 0.377 bits per heavy atom. The minimum absolute atomic E-state index is 0. The van der Waals surface area contributed by atoms with Gasteiger partial charge in [-0.3, -0.25) is 0 Å². The molecule has 0 radical (unpaired) electrons. The van der Waals surface area contributed by atoms with Gasteiger partial charge >= 0.3 is 74.0 Å². The van der Waals surface area contributed by atoms with E-state index in [1.807, 2.05) is 280 Å². The summed E-state index contributed by atoms with van der Waals surface area (Å²) in [6.45, 7) is 6.80. The van der Waals surface area contributed by atoms with Crippen LogP contribution in [0.3, 0.4) is 0 Å². The van der Waals surface area contributed by atoms with Crippen LogP contribution in [-0.4, -0.2) is 88.4 Å². The van der Waals surface area contributed by atoms with E-state index in [1.54, 1.807) is 0 Å². The molecular weight excluding hydrogens is 2220 g/mol. The van der Waals surface area contributed by atoms with Gasteiger partial charge in [-0.05, 0) is 124 Å². The third kappa shape index (κ3) is 42.5. The fourth-order valence-corrected chi connectivity index (χ4v) is 13.7. The Bertz CT molecular complexity index is 4600. The Kier molecular flexibility index (Phi) is 52.4. The SMILES string of the molecule is C[C@@H](Cc1ccccc1)[C@@H](O)[C@H](O)[C@H](Cc1ccccc1)NC(=O)OCc1ccccc1.C[C@@H](Cc1ccccc1)[C@H]1OC(=S)O[C@@H]1[C@H](Cc1ccccc1)NC(=O)OCc1ccccc1.C[C@H](/C=C/[C@H](Cc1ccccc1)NC(=O)OCc1ccccc1)Cc1ccccc1.I.II.I[I-]I.N[C@H](/C=C/[C@@H](N)Cc1ccccc1)Cc1ccccc1. The average Bonchev–Trinajstić information content (AvgIpc) is 1.67. The van der Waals surface area contributed by atoms with Crippen molar-refractivity contribution in [2.75, 3.05) is 0 Å². The molecule has 646 valence electrons. The first-order chi connectivity index (χ1) is 58.9. The molecule has 1 aliphatic rings. The van der Waals surface area contributed by atoms with E-state index in [0.29, 0.717) is 38.4 Å². The predicted molar refractivity (Wildman–Crippen MR) is 539 cm³/mol. The number of hydrogen-bond donors (Lipinski definition) is 7. The van der Waals surface area contributed by atoms with Gasteiger partial charge in [0.05, 0.1) is 24.2 Å². The number of benzene rings is 11. The minimum atomic E-state index is -1.15. The van der Waals surface area contributed by atoms with Gasteiger partial charge in [-0.1, -0.05) is 379 Å². The summed E-state index contributed by atoms with van der Waals surface area (Å²) in [5.41, 5.74) is 24.3. The molecule has 11 aromatic rings. The Morgan fingerprint density at radius 2 is 0.656 bits per heavy atom. The number of allylic oxidation sites excluding steroid dienone is 1. The zero-order valence-corrected chi connectivity index (χ0v) is 82.7. The smallest absolute Gasteiger partial charge is 0.0265 e. The molecule has 0 saturated carbocycles. The first-order valence-corrected chi connectivity index (χ1v) is 59.6. The number of carbonyl (C=O) groups excluding carboxylic acids is 3. The standard InChI is InChI=1S/C28H29NO4S.C27H31NO4.C27H29NO2.C18H22N2.I3.I2.HI/c1-20(17-21-11-5-2-6-12-21)25-26(33-28(34)32-25)24(18-22-13-7-3-8-14-22)29-27(30)31-19-23-15-9-4-10-16-23;1-20(17-21-11-5-2-6-12-21)25(29)26(30)24(18-22-13-7-3-8-14-22)28-27(31)32-19-23-15-9-4-10-16-23;1-22(19-23-11-5-2-6-12-23)17-18-26(20-24-13-7-3-8-14-24)28-27(29)30-21-25-15-9-4-10-16-25;19-17(13-15-7-3-1-4-8-15)11-12-18(20)14-16-9-5-2-6-10-16;1-3-2;1-2;/h2-16,20,24-26H,17-19H2,1H3,(H,29,30);2-16,20,24-26,29-30H,17-19H2,1H3,(H,28,31);2-18,22,26H,19-21H2,1H3,(H,28,29);1-12,17-18H,13-14,19-20H2;;;1H/q;;;;-1;;/b;;18-17+;12-11+;;;/t2*20-,24-,25+,26+;22-,26-;17-,18-;;;/m0011.../s1. The van der Waals surface area contributed by atoms with E-state index in [-0.39, 0.29) is 91.1 Å². The number of nitrogens with one attached hydrogen (secondary N) is 3. The van der Waals surface area contributed by atoms with E-state index in [0.717, 1.165) is 65.5 Å². The number of rotatable bonds is 34. The molecule has 0 spiro atoms. The van der Waals surface area contributed by atoms with E-state index in [1.165, 1.54) is 27.8 Å². The van der Waals surface area contributed by atoms with Crippen LogP contribution < -0.4 is 40.7 Å². The molecule has 1 heterocycles. The fraction of sp³-hybridized carbons (Fsp3) is 0.260. The number of thiocarbonyl (C=S) groups is 1. The van der Waals surface area contributed by atoms with Gasteiger partial charge in [0.15, 0.2) is 6.10 Å². The number of halogens is 6. The van der Waals surface area contributed by atoms with Gasteiger partial charge in [0.25, 0.3) is 0 Å². The molecule has 1 saturated heterocycles. The summed E-state index contributed by atoms with van der Waals surface area (Å²) in [4.78, 5) is 37.6. The molecule has 0 aromatic heterocycles. The minimum Gasteiger partial charge on any atom is -0.324 e. The number of aliphatic hydroxyl groups excluding tert-OH is 2. The molecule has 15 nitrogen and oxygen atoms in total. The van der Waals surface area contributed by atoms with Crippen LogP contribution in [0.5, 0.6) is 0 Å². The average molecular weight is 2340 g/mol. The molecule has 1 aliphatic heterocycles. The van der Waals surface area contributed by atoms with Crippen LogP contribution in [0, 0.1) is 17.8 Å². The zero-order chi connectivity index (χ0) is 86.4. The quantitative estimate of drug-likeness (QED) is 0.00863. The van der Waals surface area contributed by atoms with E-state index < -0.39 is 42.6 Å². The van der Waals surface area contributed by atoms with Gasteiger partial charge in [0.2, 0.25) is 0 Å². The number of nitrogens with two attached hydrogens (primary N) is 2. The topological polar surface area (TPSA) is 226 Å². The first-order valence-electron chi connectivity index (χ1n) is 40.3. The largest absolute Gasteiger partial charge is 0.324 e. The van der Waals surface area contributed by atoms with Crippen LogP contribution in [-0.2, 0) is 94.9 Å². The van der Waals surface area contributed by atoms with Crippen LogP contribution >= 0.6 is 111 Å². The summed E-state index contributed by atoms with van der Waals surface area (Å²) < 4.78 is 28.2. The Morgan fingerprint density at radius 3 is 1.02 bits per heavy atom. The van der Waals surface area contributed by atoms with E-state index in [9.17, 15) is 24.6 Å². The van der Waals surface area contributed by atoms with Gasteiger partial charge < -0.3 is 61.3 Å². The number of alkyl carbamates (subject to hydrolysis) is 3. The molecule has 0 aliphatic carbocycles. The zero-order valence-electron chi connectivity index (χ0n) is 68.8. The Hall–Kier alpha value is -7.38. The van der Waals surface area contributed by atoms with Crippen molar-refractivity contribution in [2.24, 2.45) is 29.2 Å². The molecule has 0 unspecified atom stereocenters. The van der Waals surface area contributed by atoms with Gasteiger partial charge in [-0.15, -0.1) is 24.0 Å². The van der Waals surface area contributed by atoms with Crippen LogP contribution in [0.2, 0.25) is 0 Å². The maximum absolute atomic E-state index is 12.8. The van der Waals surface area contributed by atoms with E-state index in [2.05, 4.69) is 189 Å². The van der Waals surface area contributed by atoms with Crippen molar-refractivity contribution in [3.63, 3.8) is 0 Å². The second-order valence-electron chi connectivity index (χ2n) is 29.4. The molecule has 22 heteroatoms. The summed E-state index contributed by atoms with van der Waals surface area (Å²) in [5, 5.41) is 30.8. The van der Waals surface area contributed by atoms with Gasteiger partial charge in [0.1, 0.15) is 32.0 Å². The number of ether oxygens (including phenoxy) is 5. The van der Waals surface area contributed by atoms with Crippen molar-refractivity contribution in [2.45, 2.75) is 147 Å². The van der Waals surface area contributed by atoms with Gasteiger partial charge in [-0.25, -0.2) is 14.4 Å². The van der Waals surface area contributed by atoms with Crippen LogP contribution in [0.1, 0.15) is 82.0 Å². The molecule has 0 bridgehead atoms. The number of amides is 3. The summed E-state index contributed by atoms with van der Waals surface area (Å²) in [7, 11) is 0. The molecule has 12 atom stereocenters. The molecule has 9 N–H and O–H groups in total. The second kappa shape index (κ2) is 61.9. The third-order valence-electron chi connectivity index (χ3n) is 19.6. The summed E-state index contributed by atoms with van der Waals surface area (Å²) in [5.74, 6) is 0.286. The van der Waals surface area contributed by atoms with Crippen molar-refractivity contribution in [1.29, 1.82) is 0 Å². The number of carbonyl (C=O) groups is 3. The van der Waals surface area contributed by atoms with Crippen molar-refractivity contribution < 1.29 is 61.5 Å². The van der Waals surface area contributed by atoms with Crippen molar-refractivity contribution >= 4 is 134 Å². The molecule has 11 aromatic carbocycles. The van der Waals surface area contributed by atoms with Crippen LogP contribution in [0.25, 0.3) is 0 Å². The summed E-state index contributed by atoms with van der Waals surface area (Å²) in [6, 6.07) is 108. The second-order valence-corrected chi connectivity index (χ2v) is 46.0. The van der Waals surface area contributed by atoms with Crippen molar-refractivity contribution in [1.82, 2.24) is 16.0 Å². The van der Waals surface area contributed by atoms with Crippen LogP contribution in [0.15, 0.2) is 358 Å². The summed E-state index contributed by atoms with van der Waals surface area (Å²) >= 11 is 14.8. The number of aliphatic hydroxyl groups is 2. The Labute approximate surface area is 797 Å². The van der Waals surface area contributed by atoms with Gasteiger partial charge in [-0.2, -0.15) is 0 Å². The van der Waals surface area contributed by atoms with E-state index in [4.69, 9.17) is 47.4 Å². The Balaban J connectivity index is 0.000000250. The van der Waals surface area contributed by atoms with Crippen LogP contribution in [0.4, 0.5) is 14.4 Å². The monoisotopic (exact) mass is 2340 g/mol. The summed E-state index contributed by atoms with van der Waals surface area (Å²) in [6.07, 6.45) is 9.60. The molecule has 12 rings (SSSR count). The van der Waals surface area contributed by atoms with Crippen molar-refractivity contribution in [3.05, 3.63) is 419 Å².